The van der Waals surface area contributed by atoms with Crippen molar-refractivity contribution in [2.45, 2.75) is 20.4 Å². The number of nitrogens with zero attached hydrogens (tertiary/aromatic N) is 6. The van der Waals surface area contributed by atoms with Gasteiger partial charge in [-0.15, -0.1) is 0 Å². The van der Waals surface area contributed by atoms with Crippen molar-refractivity contribution in [3.8, 4) is 17.1 Å². The predicted octanol–water partition coefficient (Wildman–Crippen LogP) is 3.95. The van der Waals surface area contributed by atoms with Crippen LogP contribution in [-0.4, -0.2) is 63.3 Å². The third kappa shape index (κ3) is 5.58. The zero-order chi connectivity index (χ0) is 24.2. The van der Waals surface area contributed by atoms with Crippen LogP contribution >= 0.6 is 0 Å². The lowest BCUT2D eigenvalue weighted by atomic mass is 10.2. The normalized spacial score (nSPS) is 14.2. The number of hydrogen-bond acceptors (Lipinski definition) is 8. The number of aromatic amines is 1. The maximum Gasteiger partial charge on any atom is 0.163 e. The molecule has 4 heterocycles. The van der Waals surface area contributed by atoms with Crippen LogP contribution in [0.15, 0.2) is 54.7 Å². The molecule has 0 atom stereocenters. The van der Waals surface area contributed by atoms with Crippen molar-refractivity contribution in [1.82, 2.24) is 30.0 Å². The third-order valence-electron chi connectivity index (χ3n) is 6.08. The second-order valence-electron chi connectivity index (χ2n) is 8.80. The minimum Gasteiger partial charge on any atom is -0.497 e. The molecule has 35 heavy (non-hydrogen) atoms. The number of pyridine rings is 1. The van der Waals surface area contributed by atoms with Crippen molar-refractivity contribution in [3.63, 3.8) is 0 Å². The predicted molar refractivity (Wildman–Crippen MR) is 137 cm³/mol. The van der Waals surface area contributed by atoms with Crippen molar-refractivity contribution >= 4 is 17.5 Å². The summed E-state index contributed by atoms with van der Waals surface area (Å²) in [6, 6.07) is 16.3. The lowest BCUT2D eigenvalue weighted by molar-refractivity contribution is 0.249. The number of piperazine rings is 1. The van der Waals surface area contributed by atoms with Crippen molar-refractivity contribution in [3.05, 3.63) is 71.7 Å². The van der Waals surface area contributed by atoms with Crippen LogP contribution in [0.2, 0.25) is 0 Å². The van der Waals surface area contributed by atoms with Gasteiger partial charge < -0.3 is 15.0 Å². The summed E-state index contributed by atoms with van der Waals surface area (Å²) in [5.41, 5.74) is 4.05. The molecule has 1 aliphatic heterocycles. The number of nitrogens with one attached hydrogen (secondary N) is 2. The summed E-state index contributed by atoms with van der Waals surface area (Å²) < 4.78 is 5.25. The molecule has 5 rings (SSSR count). The van der Waals surface area contributed by atoms with Gasteiger partial charge in [-0.25, -0.2) is 15.0 Å². The smallest absolute Gasteiger partial charge is 0.163 e. The SMILES string of the molecule is COc1ccc(CN2CCN(c3ccc(-c4nc(C)cc(Nc5cc(C)[nH]n5)n4)cn3)CC2)cc1. The highest BCUT2D eigenvalue weighted by Gasteiger charge is 2.18. The van der Waals surface area contributed by atoms with E-state index in [1.54, 1.807) is 7.11 Å². The van der Waals surface area contributed by atoms with Crippen molar-refractivity contribution in [1.29, 1.82) is 0 Å². The van der Waals surface area contributed by atoms with Gasteiger partial charge in [-0.1, -0.05) is 12.1 Å². The van der Waals surface area contributed by atoms with E-state index in [-0.39, 0.29) is 0 Å². The first kappa shape index (κ1) is 22.8. The van der Waals surface area contributed by atoms with Crippen LogP contribution in [0.5, 0.6) is 5.75 Å². The number of H-pyrrole nitrogens is 1. The Morgan fingerprint density at radius 3 is 2.40 bits per heavy atom. The fourth-order valence-corrected chi connectivity index (χ4v) is 4.20. The Bertz CT molecular complexity index is 1260. The molecule has 1 aromatic carbocycles. The van der Waals surface area contributed by atoms with Crippen LogP contribution in [0, 0.1) is 13.8 Å². The van der Waals surface area contributed by atoms with Crippen LogP contribution in [0.4, 0.5) is 17.5 Å². The van der Waals surface area contributed by atoms with Crippen LogP contribution < -0.4 is 15.0 Å². The second-order valence-corrected chi connectivity index (χ2v) is 8.80. The minimum atomic E-state index is 0.642. The molecule has 0 amide bonds. The zero-order valence-electron chi connectivity index (χ0n) is 20.3. The van der Waals surface area contributed by atoms with Crippen LogP contribution in [0.1, 0.15) is 17.0 Å². The van der Waals surface area contributed by atoms with E-state index in [0.29, 0.717) is 11.6 Å². The Hall–Kier alpha value is -3.98. The van der Waals surface area contributed by atoms with Gasteiger partial charge in [0.2, 0.25) is 0 Å². The number of aromatic nitrogens is 5. The highest BCUT2D eigenvalue weighted by Crippen LogP contribution is 2.23. The molecular formula is C26H30N8O. The third-order valence-corrected chi connectivity index (χ3v) is 6.08. The average Bonchev–Trinajstić information content (AvgIpc) is 3.29. The lowest BCUT2D eigenvalue weighted by Gasteiger charge is -2.35. The van der Waals surface area contributed by atoms with Gasteiger partial charge in [0.05, 0.1) is 7.11 Å². The Labute approximate surface area is 205 Å². The summed E-state index contributed by atoms with van der Waals surface area (Å²) in [6.07, 6.45) is 1.86. The van der Waals surface area contributed by atoms with Gasteiger partial charge in [0.1, 0.15) is 17.4 Å². The van der Waals surface area contributed by atoms with Gasteiger partial charge in [0, 0.05) is 68.0 Å². The molecule has 1 saturated heterocycles. The fourth-order valence-electron chi connectivity index (χ4n) is 4.20. The molecule has 0 unspecified atom stereocenters. The number of anilines is 3. The molecule has 9 nitrogen and oxygen atoms in total. The molecule has 4 aromatic rings. The molecule has 180 valence electrons. The van der Waals surface area contributed by atoms with Crippen LogP contribution in [0.25, 0.3) is 11.4 Å². The quantitative estimate of drug-likeness (QED) is 0.419. The van der Waals surface area contributed by atoms with Gasteiger partial charge in [-0.2, -0.15) is 5.10 Å². The highest BCUT2D eigenvalue weighted by atomic mass is 16.5. The van der Waals surface area contributed by atoms with Crippen molar-refractivity contribution in [2.75, 3.05) is 43.5 Å². The molecule has 0 spiro atoms. The van der Waals surface area contributed by atoms with E-state index >= 15 is 0 Å². The van der Waals surface area contributed by atoms with E-state index in [1.807, 2.05) is 50.4 Å². The van der Waals surface area contributed by atoms with E-state index in [1.165, 1.54) is 5.56 Å². The second kappa shape index (κ2) is 10.1. The summed E-state index contributed by atoms with van der Waals surface area (Å²) in [7, 11) is 1.70. The van der Waals surface area contributed by atoms with E-state index in [4.69, 9.17) is 9.72 Å². The minimum absolute atomic E-state index is 0.642. The van der Waals surface area contributed by atoms with Gasteiger partial charge in [0.15, 0.2) is 11.6 Å². The van der Waals surface area contributed by atoms with E-state index in [2.05, 4.69) is 53.5 Å². The van der Waals surface area contributed by atoms with E-state index in [9.17, 15) is 0 Å². The summed E-state index contributed by atoms with van der Waals surface area (Å²) in [4.78, 5) is 18.8. The van der Waals surface area contributed by atoms with Gasteiger partial charge in [-0.05, 0) is 43.7 Å². The molecule has 1 aliphatic rings. The summed E-state index contributed by atoms with van der Waals surface area (Å²) in [5.74, 6) is 3.95. The summed E-state index contributed by atoms with van der Waals surface area (Å²) >= 11 is 0. The van der Waals surface area contributed by atoms with Gasteiger partial charge in [0.25, 0.3) is 0 Å². The molecule has 0 aliphatic carbocycles. The van der Waals surface area contributed by atoms with Crippen molar-refractivity contribution < 1.29 is 4.74 Å². The first-order chi connectivity index (χ1) is 17.1. The number of aryl methyl sites for hydroxylation is 2. The number of methoxy groups -OCH3 is 1. The Balaban J connectivity index is 1.21. The van der Waals surface area contributed by atoms with Crippen LogP contribution in [0.3, 0.4) is 0 Å². The van der Waals surface area contributed by atoms with Crippen molar-refractivity contribution in [2.24, 2.45) is 0 Å². The number of rotatable bonds is 7. The fraction of sp³-hybridized carbons (Fsp3) is 0.308. The Morgan fingerprint density at radius 1 is 0.943 bits per heavy atom. The van der Waals surface area contributed by atoms with E-state index in [0.717, 1.165) is 67.1 Å². The Morgan fingerprint density at radius 2 is 1.74 bits per heavy atom. The molecule has 3 aromatic heterocycles. The maximum atomic E-state index is 5.25. The molecule has 2 N–H and O–H groups in total. The first-order valence-electron chi connectivity index (χ1n) is 11.8. The molecule has 0 radical (unpaired) electrons. The van der Waals surface area contributed by atoms with Gasteiger partial charge in [-0.3, -0.25) is 10.00 Å². The lowest BCUT2D eigenvalue weighted by Crippen LogP contribution is -2.46. The Kier molecular flexibility index (Phi) is 6.58. The molecule has 0 bridgehead atoms. The summed E-state index contributed by atoms with van der Waals surface area (Å²) in [5, 5.41) is 10.4. The highest BCUT2D eigenvalue weighted by molar-refractivity contribution is 5.61. The summed E-state index contributed by atoms with van der Waals surface area (Å²) in [6.45, 7) is 8.75. The topological polar surface area (TPSA) is 95.1 Å². The molecule has 0 saturated carbocycles. The molecule has 9 heteroatoms. The first-order valence-corrected chi connectivity index (χ1v) is 11.8. The monoisotopic (exact) mass is 470 g/mol. The average molecular weight is 471 g/mol. The number of benzene rings is 1. The zero-order valence-corrected chi connectivity index (χ0v) is 20.3. The van der Waals surface area contributed by atoms with E-state index < -0.39 is 0 Å². The maximum absolute atomic E-state index is 5.25. The number of hydrogen-bond donors (Lipinski definition) is 2. The largest absolute Gasteiger partial charge is 0.497 e. The van der Waals surface area contributed by atoms with Crippen LogP contribution in [-0.2, 0) is 6.54 Å². The standard InChI is InChI=1S/C26H30N8O/c1-18-14-23(29-24-15-19(2)31-32-24)30-26(28-18)21-6-9-25(27-16-21)34-12-10-33(11-13-34)17-20-4-7-22(35-3)8-5-20/h4-9,14-16H,10-13,17H2,1-3H3,(H2,28,29,30,31,32). The number of ether oxygens (including phenoxy) is 1. The van der Waals surface area contributed by atoms with Gasteiger partial charge >= 0.3 is 0 Å². The molecular weight excluding hydrogens is 440 g/mol. The molecule has 1 fully saturated rings.